The van der Waals surface area contributed by atoms with Crippen molar-refractivity contribution in [2.24, 2.45) is 0 Å². The molecule has 2 aliphatic heterocycles. The van der Waals surface area contributed by atoms with Crippen molar-refractivity contribution in [1.82, 2.24) is 20.2 Å². The van der Waals surface area contributed by atoms with Crippen molar-refractivity contribution < 1.29 is 24.2 Å². The molecule has 9 nitrogen and oxygen atoms in total. The summed E-state index contributed by atoms with van der Waals surface area (Å²) in [4.78, 5) is 44.3. The molecule has 4 rings (SSSR count). The number of aromatic nitrogens is 2. The van der Waals surface area contributed by atoms with E-state index in [1.54, 1.807) is 18.5 Å². The molecule has 0 bridgehead atoms. The molecule has 0 atom stereocenters. The fourth-order valence-electron chi connectivity index (χ4n) is 2.98. The average Bonchev–Trinajstić information content (AvgIpc) is 3.17. The largest absolute Gasteiger partial charge is 0.477 e. The zero-order valence-corrected chi connectivity index (χ0v) is 13.5. The molecule has 132 valence electrons. The van der Waals surface area contributed by atoms with E-state index in [0.717, 1.165) is 5.39 Å². The number of H-pyrrole nitrogens is 1. The Morgan fingerprint density at radius 3 is 3.00 bits per heavy atom. The van der Waals surface area contributed by atoms with E-state index in [1.807, 2.05) is 6.07 Å². The highest BCUT2D eigenvalue weighted by molar-refractivity contribution is 6.26. The summed E-state index contributed by atoms with van der Waals surface area (Å²) >= 11 is 0. The molecule has 26 heavy (non-hydrogen) atoms. The lowest BCUT2D eigenvalue weighted by molar-refractivity contribution is -0.134. The van der Waals surface area contributed by atoms with E-state index in [9.17, 15) is 19.5 Å². The van der Waals surface area contributed by atoms with Crippen LogP contribution in [-0.4, -0.2) is 57.3 Å². The van der Waals surface area contributed by atoms with Crippen LogP contribution in [0.2, 0.25) is 0 Å². The second-order valence-corrected chi connectivity index (χ2v) is 5.84. The quantitative estimate of drug-likeness (QED) is 0.532. The van der Waals surface area contributed by atoms with Crippen LogP contribution in [0.1, 0.15) is 5.56 Å². The number of nitrogens with zero attached hydrogens (tertiary/aromatic N) is 2. The molecule has 0 saturated carbocycles. The van der Waals surface area contributed by atoms with Gasteiger partial charge in [-0.1, -0.05) is 0 Å². The highest BCUT2D eigenvalue weighted by Gasteiger charge is 2.39. The fourth-order valence-corrected chi connectivity index (χ4v) is 2.98. The summed E-state index contributed by atoms with van der Waals surface area (Å²) in [5.41, 5.74) is 0.826. The van der Waals surface area contributed by atoms with E-state index in [4.69, 9.17) is 4.74 Å². The molecule has 2 aromatic heterocycles. The number of amides is 1. The number of carbonyl (C=O) groups is 3. The third-order valence-electron chi connectivity index (χ3n) is 4.18. The first-order chi connectivity index (χ1) is 12.5. The first-order valence-electron chi connectivity index (χ1n) is 7.90. The molecule has 9 heteroatoms. The first kappa shape index (κ1) is 15.9. The number of carbonyl (C=O) groups excluding carboxylic acids is 2. The number of pyridine rings is 1. The Kier molecular flexibility index (Phi) is 3.68. The van der Waals surface area contributed by atoms with E-state index in [1.165, 1.54) is 11.0 Å². The Morgan fingerprint density at radius 1 is 1.38 bits per heavy atom. The normalized spacial score (nSPS) is 19.2. The molecule has 2 aromatic rings. The standard InChI is InChI=1S/C17H14N4O5/c22-12-8-21(5-4-18-12)16-13(17(24)25)14(23)11(26-16)6-9-7-20-15-10(9)2-1-3-19-15/h1-3,6-7H,4-5,8H2,(H,18,22)(H,19,20)(H,24,25)/b11-6-. The van der Waals surface area contributed by atoms with Crippen LogP contribution in [-0.2, 0) is 19.1 Å². The van der Waals surface area contributed by atoms with Crippen molar-refractivity contribution in [3.8, 4) is 0 Å². The van der Waals surface area contributed by atoms with Crippen molar-refractivity contribution in [1.29, 1.82) is 0 Å². The van der Waals surface area contributed by atoms with Crippen LogP contribution in [0.5, 0.6) is 0 Å². The number of piperazine rings is 1. The minimum atomic E-state index is -1.39. The number of hydrogen-bond acceptors (Lipinski definition) is 6. The summed E-state index contributed by atoms with van der Waals surface area (Å²) in [6.07, 6.45) is 4.77. The van der Waals surface area contributed by atoms with E-state index in [-0.39, 0.29) is 24.1 Å². The van der Waals surface area contributed by atoms with E-state index in [0.29, 0.717) is 24.3 Å². The summed E-state index contributed by atoms with van der Waals surface area (Å²) in [6.45, 7) is 0.638. The van der Waals surface area contributed by atoms with Gasteiger partial charge in [0.15, 0.2) is 11.3 Å². The van der Waals surface area contributed by atoms with Crippen LogP contribution in [0.15, 0.2) is 41.7 Å². The summed E-state index contributed by atoms with van der Waals surface area (Å²) in [7, 11) is 0. The maximum Gasteiger partial charge on any atom is 0.345 e. The second-order valence-electron chi connectivity index (χ2n) is 5.84. The molecule has 0 aliphatic carbocycles. The topological polar surface area (TPSA) is 125 Å². The third-order valence-corrected chi connectivity index (χ3v) is 4.18. The molecule has 1 saturated heterocycles. The lowest BCUT2D eigenvalue weighted by Crippen LogP contribution is -2.47. The Labute approximate surface area is 147 Å². The summed E-state index contributed by atoms with van der Waals surface area (Å²) in [6, 6.07) is 3.58. The van der Waals surface area contributed by atoms with Gasteiger partial charge in [0.2, 0.25) is 17.6 Å². The third kappa shape index (κ3) is 2.59. The monoisotopic (exact) mass is 354 g/mol. The average molecular weight is 354 g/mol. The van der Waals surface area contributed by atoms with Gasteiger partial charge >= 0.3 is 5.97 Å². The summed E-state index contributed by atoms with van der Waals surface area (Å²) in [5, 5.41) is 12.9. The number of hydrogen-bond donors (Lipinski definition) is 3. The van der Waals surface area contributed by atoms with Gasteiger partial charge in [0, 0.05) is 36.4 Å². The maximum atomic E-state index is 12.6. The molecule has 4 heterocycles. The van der Waals surface area contributed by atoms with Crippen LogP contribution < -0.4 is 5.32 Å². The Hall–Kier alpha value is -3.62. The molecule has 2 aliphatic rings. The highest BCUT2D eigenvalue weighted by atomic mass is 16.5. The van der Waals surface area contributed by atoms with Crippen molar-refractivity contribution in [2.45, 2.75) is 0 Å². The number of ketones is 1. The molecular weight excluding hydrogens is 340 g/mol. The lowest BCUT2D eigenvalue weighted by Gasteiger charge is -2.28. The Bertz CT molecular complexity index is 1000. The second kappa shape index (κ2) is 6.03. The van der Waals surface area contributed by atoms with Crippen molar-refractivity contribution in [3.05, 3.63) is 47.3 Å². The van der Waals surface area contributed by atoms with Gasteiger partial charge in [0.1, 0.15) is 5.65 Å². The van der Waals surface area contributed by atoms with E-state index < -0.39 is 17.3 Å². The SMILES string of the molecule is O=C1CN(C2=C(C(=O)O)C(=O)/C(=C/c3c[nH]c4ncccc34)O2)CCN1. The van der Waals surface area contributed by atoms with Gasteiger partial charge < -0.3 is 25.0 Å². The number of Topliss-reactive ketones (excluding diaryl/α,β-unsaturated/α-hetero) is 1. The van der Waals surface area contributed by atoms with E-state index >= 15 is 0 Å². The predicted molar refractivity (Wildman–Crippen MR) is 89.4 cm³/mol. The molecule has 1 fully saturated rings. The minimum absolute atomic E-state index is 0.0658. The molecule has 3 N–H and O–H groups in total. The van der Waals surface area contributed by atoms with Crippen LogP contribution >= 0.6 is 0 Å². The molecular formula is C17H14N4O5. The number of allylic oxidation sites excluding steroid dienone is 1. The van der Waals surface area contributed by atoms with Gasteiger partial charge in [-0.15, -0.1) is 0 Å². The number of fused-ring (bicyclic) bond motifs is 1. The van der Waals surface area contributed by atoms with Crippen LogP contribution in [0, 0.1) is 0 Å². The number of rotatable bonds is 3. The van der Waals surface area contributed by atoms with Crippen LogP contribution in [0.4, 0.5) is 0 Å². The summed E-state index contributed by atoms with van der Waals surface area (Å²) in [5.74, 6) is -2.57. The molecule has 0 aromatic carbocycles. The zero-order valence-electron chi connectivity index (χ0n) is 13.5. The maximum absolute atomic E-state index is 12.6. The van der Waals surface area contributed by atoms with E-state index in [2.05, 4.69) is 15.3 Å². The number of carboxylic acid groups (broad SMARTS) is 1. The van der Waals surface area contributed by atoms with Crippen molar-refractivity contribution in [2.75, 3.05) is 19.6 Å². The fraction of sp³-hybridized carbons (Fsp3) is 0.176. The first-order valence-corrected chi connectivity index (χ1v) is 7.90. The molecule has 0 unspecified atom stereocenters. The van der Waals surface area contributed by atoms with Crippen LogP contribution in [0.25, 0.3) is 17.1 Å². The van der Waals surface area contributed by atoms with Gasteiger partial charge in [-0.25, -0.2) is 9.78 Å². The zero-order chi connectivity index (χ0) is 18.3. The van der Waals surface area contributed by atoms with Gasteiger partial charge in [0.25, 0.3) is 0 Å². The lowest BCUT2D eigenvalue weighted by atomic mass is 10.1. The van der Waals surface area contributed by atoms with Crippen LogP contribution in [0.3, 0.4) is 0 Å². The smallest absolute Gasteiger partial charge is 0.345 e. The predicted octanol–water partition coefficient (Wildman–Crippen LogP) is 0.231. The number of aromatic amines is 1. The number of aliphatic carboxylic acids is 1. The number of carboxylic acids is 1. The Balaban J connectivity index is 1.71. The van der Waals surface area contributed by atoms with Gasteiger partial charge in [-0.05, 0) is 18.2 Å². The van der Waals surface area contributed by atoms with Gasteiger partial charge in [-0.2, -0.15) is 0 Å². The van der Waals surface area contributed by atoms with Gasteiger partial charge in [0.05, 0.1) is 6.54 Å². The molecule has 1 amide bonds. The molecule has 0 spiro atoms. The number of nitrogens with one attached hydrogen (secondary N) is 2. The Morgan fingerprint density at radius 2 is 2.23 bits per heavy atom. The molecule has 0 radical (unpaired) electrons. The van der Waals surface area contributed by atoms with Crippen molar-refractivity contribution >= 4 is 34.8 Å². The summed E-state index contributed by atoms with van der Waals surface area (Å²) < 4.78 is 5.58. The highest BCUT2D eigenvalue weighted by Crippen LogP contribution is 2.30. The van der Waals surface area contributed by atoms with Gasteiger partial charge in [-0.3, -0.25) is 9.59 Å². The van der Waals surface area contributed by atoms with Crippen molar-refractivity contribution in [3.63, 3.8) is 0 Å². The minimum Gasteiger partial charge on any atom is -0.477 e. The number of ether oxygens (including phenoxy) is 1.